The lowest BCUT2D eigenvalue weighted by Crippen LogP contribution is -2.03. The van der Waals surface area contributed by atoms with E-state index in [0.29, 0.717) is 34.7 Å². The van der Waals surface area contributed by atoms with E-state index in [-0.39, 0.29) is 5.69 Å². The van der Waals surface area contributed by atoms with Gasteiger partial charge in [-0.1, -0.05) is 35.3 Å². The lowest BCUT2D eigenvalue weighted by atomic mass is 10.2. The number of hydrogen-bond donors (Lipinski definition) is 3. The minimum atomic E-state index is -0.233. The van der Waals surface area contributed by atoms with Gasteiger partial charge in [0.25, 0.3) is 0 Å². The molecule has 6 nitrogen and oxygen atoms in total. The van der Waals surface area contributed by atoms with Crippen molar-refractivity contribution in [3.8, 4) is 11.5 Å². The third kappa shape index (κ3) is 4.56. The van der Waals surface area contributed by atoms with Crippen LogP contribution in [0.4, 0.5) is 5.69 Å². The first kappa shape index (κ1) is 20.2. The number of methoxy groups -OCH3 is 1. The summed E-state index contributed by atoms with van der Waals surface area (Å²) in [5.41, 5.74) is 3.91. The molecule has 0 radical (unpaired) electrons. The summed E-state index contributed by atoms with van der Waals surface area (Å²) in [5, 5.41) is 4.52. The number of rotatable bonds is 7. The highest BCUT2D eigenvalue weighted by molar-refractivity contribution is 6.31. The van der Waals surface area contributed by atoms with E-state index in [2.05, 4.69) is 15.3 Å². The largest absolute Gasteiger partial charge is 0.493 e. The van der Waals surface area contributed by atoms with Crippen molar-refractivity contribution >= 4 is 39.9 Å². The fraction of sp³-hybridized carbons (Fsp3) is 0.136. The summed E-state index contributed by atoms with van der Waals surface area (Å²) in [6.45, 7) is 0.823. The first-order valence-electron chi connectivity index (χ1n) is 9.21. The summed E-state index contributed by atoms with van der Waals surface area (Å²) in [5.74, 6) is 1.14. The number of H-pyrrole nitrogens is 2. The van der Waals surface area contributed by atoms with E-state index in [4.69, 9.17) is 32.7 Å². The van der Waals surface area contributed by atoms with Crippen molar-refractivity contribution < 1.29 is 9.47 Å². The van der Waals surface area contributed by atoms with E-state index in [1.54, 1.807) is 13.2 Å². The standard InChI is InChI=1S/C22H19Cl2N3O3/c1-29-20-8-14(11-25-16-5-6-18-19(9-16)27-22(28)26-18)17(24)10-21(20)30-12-13-3-2-4-15(23)7-13/h2-10,25H,11-12H2,1H3,(H2,26,27,28). The second kappa shape index (κ2) is 8.73. The average Bonchev–Trinajstić information content (AvgIpc) is 3.10. The SMILES string of the molecule is COc1cc(CNc2ccc3[nH]c(=O)[nH]c3c2)c(Cl)cc1OCc1cccc(Cl)c1. The Bertz CT molecular complexity index is 1250. The number of anilines is 1. The van der Waals surface area contributed by atoms with Crippen LogP contribution >= 0.6 is 23.2 Å². The lowest BCUT2D eigenvalue weighted by molar-refractivity contribution is 0.284. The average molecular weight is 444 g/mol. The number of nitrogens with one attached hydrogen (secondary N) is 3. The highest BCUT2D eigenvalue weighted by Crippen LogP contribution is 2.34. The summed E-state index contributed by atoms with van der Waals surface area (Å²) in [6, 6.07) is 16.7. The second-order valence-electron chi connectivity index (χ2n) is 6.71. The van der Waals surface area contributed by atoms with Crippen LogP contribution in [0.3, 0.4) is 0 Å². The predicted octanol–water partition coefficient (Wildman–Crippen LogP) is 5.36. The Morgan fingerprint density at radius 2 is 1.80 bits per heavy atom. The first-order chi connectivity index (χ1) is 14.5. The molecule has 3 aromatic carbocycles. The molecule has 0 bridgehead atoms. The number of aromatic amines is 2. The Labute approximate surface area is 182 Å². The Morgan fingerprint density at radius 3 is 2.60 bits per heavy atom. The lowest BCUT2D eigenvalue weighted by Gasteiger charge is -2.15. The molecule has 1 heterocycles. The molecule has 4 rings (SSSR count). The zero-order valence-corrected chi connectivity index (χ0v) is 17.6. The van der Waals surface area contributed by atoms with Gasteiger partial charge in [0.05, 0.1) is 18.1 Å². The molecule has 0 saturated heterocycles. The van der Waals surface area contributed by atoms with Gasteiger partial charge in [0.15, 0.2) is 11.5 Å². The van der Waals surface area contributed by atoms with Crippen molar-refractivity contribution in [2.24, 2.45) is 0 Å². The summed E-state index contributed by atoms with van der Waals surface area (Å²) in [6.07, 6.45) is 0. The molecule has 0 saturated carbocycles. The molecule has 0 spiro atoms. The normalized spacial score (nSPS) is 10.9. The van der Waals surface area contributed by atoms with Crippen molar-refractivity contribution in [1.29, 1.82) is 0 Å². The van der Waals surface area contributed by atoms with Crippen LogP contribution in [-0.2, 0) is 13.2 Å². The van der Waals surface area contributed by atoms with Crippen LogP contribution in [0.5, 0.6) is 11.5 Å². The van der Waals surface area contributed by atoms with Crippen molar-refractivity contribution in [2.45, 2.75) is 13.2 Å². The smallest absolute Gasteiger partial charge is 0.323 e. The molecule has 0 aliphatic rings. The van der Waals surface area contributed by atoms with E-state index in [0.717, 1.165) is 27.8 Å². The maximum atomic E-state index is 11.4. The molecule has 1 aromatic heterocycles. The maximum absolute atomic E-state index is 11.4. The number of hydrogen-bond acceptors (Lipinski definition) is 4. The van der Waals surface area contributed by atoms with Gasteiger partial charge in [-0.3, -0.25) is 0 Å². The Morgan fingerprint density at radius 1 is 0.967 bits per heavy atom. The molecule has 30 heavy (non-hydrogen) atoms. The van der Waals surface area contributed by atoms with Gasteiger partial charge in [-0.05, 0) is 47.5 Å². The van der Waals surface area contributed by atoms with Gasteiger partial charge in [0.2, 0.25) is 0 Å². The highest BCUT2D eigenvalue weighted by atomic mass is 35.5. The topological polar surface area (TPSA) is 79.1 Å². The van der Waals surface area contributed by atoms with Gasteiger partial charge in [-0.25, -0.2) is 4.79 Å². The van der Waals surface area contributed by atoms with E-state index >= 15 is 0 Å². The number of benzene rings is 3. The fourth-order valence-electron chi connectivity index (χ4n) is 3.11. The van der Waals surface area contributed by atoms with Gasteiger partial charge >= 0.3 is 5.69 Å². The summed E-state index contributed by atoms with van der Waals surface area (Å²) >= 11 is 12.5. The van der Waals surface area contributed by atoms with Gasteiger partial charge in [-0.15, -0.1) is 0 Å². The Hall–Kier alpha value is -3.09. The van der Waals surface area contributed by atoms with Crippen LogP contribution in [0.25, 0.3) is 11.0 Å². The first-order valence-corrected chi connectivity index (χ1v) is 9.97. The van der Waals surface area contributed by atoms with Crippen LogP contribution in [0, 0.1) is 0 Å². The van der Waals surface area contributed by atoms with Gasteiger partial charge in [0.1, 0.15) is 6.61 Å². The number of ether oxygens (including phenoxy) is 2. The molecule has 3 N–H and O–H groups in total. The van der Waals surface area contributed by atoms with E-state index in [1.807, 2.05) is 48.5 Å². The van der Waals surface area contributed by atoms with Gasteiger partial charge in [-0.2, -0.15) is 0 Å². The molecule has 8 heteroatoms. The van der Waals surface area contributed by atoms with Crippen LogP contribution in [-0.4, -0.2) is 17.1 Å². The predicted molar refractivity (Wildman–Crippen MR) is 120 cm³/mol. The minimum absolute atomic E-state index is 0.233. The van der Waals surface area contributed by atoms with Crippen LogP contribution in [0.2, 0.25) is 10.0 Å². The molecular weight excluding hydrogens is 425 g/mol. The molecule has 0 aliphatic heterocycles. The van der Waals surface area contributed by atoms with Crippen LogP contribution < -0.4 is 20.5 Å². The van der Waals surface area contributed by atoms with Crippen LogP contribution in [0.1, 0.15) is 11.1 Å². The fourth-order valence-corrected chi connectivity index (χ4v) is 3.55. The summed E-state index contributed by atoms with van der Waals surface area (Å²) in [7, 11) is 1.59. The van der Waals surface area contributed by atoms with Crippen molar-refractivity contribution in [1.82, 2.24) is 9.97 Å². The van der Waals surface area contributed by atoms with Gasteiger partial charge < -0.3 is 24.8 Å². The Kier molecular flexibility index (Phi) is 5.88. The van der Waals surface area contributed by atoms with Crippen molar-refractivity contribution in [2.75, 3.05) is 12.4 Å². The third-order valence-electron chi connectivity index (χ3n) is 4.61. The third-order valence-corrected chi connectivity index (χ3v) is 5.20. The van der Waals surface area contributed by atoms with Crippen molar-refractivity contribution in [3.63, 3.8) is 0 Å². The molecule has 154 valence electrons. The zero-order chi connectivity index (χ0) is 21.1. The number of halogens is 2. The van der Waals surface area contributed by atoms with E-state index in [9.17, 15) is 4.79 Å². The summed E-state index contributed by atoms with van der Waals surface area (Å²) < 4.78 is 11.4. The quantitative estimate of drug-likeness (QED) is 0.359. The molecule has 0 unspecified atom stereocenters. The monoisotopic (exact) mass is 443 g/mol. The molecule has 0 aliphatic carbocycles. The summed E-state index contributed by atoms with van der Waals surface area (Å²) in [4.78, 5) is 16.9. The van der Waals surface area contributed by atoms with Gasteiger partial charge in [0, 0.05) is 28.3 Å². The second-order valence-corrected chi connectivity index (χ2v) is 7.55. The highest BCUT2D eigenvalue weighted by Gasteiger charge is 2.11. The van der Waals surface area contributed by atoms with E-state index < -0.39 is 0 Å². The molecule has 0 amide bonds. The van der Waals surface area contributed by atoms with Crippen LogP contribution in [0.15, 0.2) is 59.4 Å². The number of aromatic nitrogens is 2. The zero-order valence-electron chi connectivity index (χ0n) is 16.1. The molecule has 4 aromatic rings. The Balaban J connectivity index is 1.48. The molecule has 0 atom stereocenters. The van der Waals surface area contributed by atoms with Crippen molar-refractivity contribution in [3.05, 3.63) is 86.3 Å². The van der Waals surface area contributed by atoms with E-state index in [1.165, 1.54) is 0 Å². The molecule has 0 fully saturated rings. The number of fused-ring (bicyclic) bond motifs is 1. The minimum Gasteiger partial charge on any atom is -0.493 e. The molecular formula is C22H19Cl2N3O3. The maximum Gasteiger partial charge on any atom is 0.323 e. The number of imidazole rings is 1.